The molecule has 0 rings (SSSR count). The van der Waals surface area contributed by atoms with E-state index < -0.39 is 17.6 Å². The number of aliphatic hydroxyl groups is 1. The van der Waals surface area contributed by atoms with Crippen molar-refractivity contribution >= 4 is 5.91 Å². The average Bonchev–Trinajstić information content (AvgIpc) is 2.30. The Bertz CT molecular complexity index is 281. The molecule has 19 heavy (non-hydrogen) atoms. The molecule has 0 aliphatic heterocycles. The zero-order valence-electron chi connectivity index (χ0n) is 11.5. The predicted molar refractivity (Wildman–Crippen MR) is 66.5 cm³/mol. The van der Waals surface area contributed by atoms with Crippen molar-refractivity contribution in [1.82, 2.24) is 4.90 Å². The van der Waals surface area contributed by atoms with Gasteiger partial charge >= 0.3 is 6.18 Å². The van der Waals surface area contributed by atoms with Crippen molar-refractivity contribution in [1.29, 1.82) is 0 Å². The fourth-order valence-corrected chi connectivity index (χ4v) is 1.61. The summed E-state index contributed by atoms with van der Waals surface area (Å²) in [5.41, 5.74) is 2.19. The summed E-state index contributed by atoms with van der Waals surface area (Å²) in [6, 6.07) is 0. The van der Waals surface area contributed by atoms with Gasteiger partial charge in [0.05, 0.1) is 6.61 Å². The second kappa shape index (κ2) is 7.69. The Morgan fingerprint density at radius 1 is 1.21 bits per heavy atom. The number of rotatable bonds is 8. The van der Waals surface area contributed by atoms with Gasteiger partial charge in [0.25, 0.3) is 5.91 Å². The van der Waals surface area contributed by atoms with Crippen LogP contribution in [0.5, 0.6) is 0 Å². The van der Waals surface area contributed by atoms with E-state index in [4.69, 9.17) is 10.8 Å². The minimum atomic E-state index is -4.80. The molecule has 1 atom stereocenters. The van der Waals surface area contributed by atoms with E-state index in [1.807, 2.05) is 6.92 Å². The number of nitrogens with zero attached hydrogens (tertiary/aromatic N) is 1. The normalized spacial score (nSPS) is 15.1. The number of nitrogens with two attached hydrogens (primary N) is 1. The van der Waals surface area contributed by atoms with Crippen molar-refractivity contribution in [2.75, 3.05) is 19.7 Å². The van der Waals surface area contributed by atoms with E-state index in [2.05, 4.69) is 0 Å². The fraction of sp³-hybridized carbons (Fsp3) is 0.917. The van der Waals surface area contributed by atoms with Gasteiger partial charge in [-0.15, -0.1) is 0 Å². The van der Waals surface area contributed by atoms with Crippen LogP contribution in [0.4, 0.5) is 13.2 Å². The minimum absolute atomic E-state index is 0.131. The van der Waals surface area contributed by atoms with Crippen LogP contribution in [0.3, 0.4) is 0 Å². The maximum Gasteiger partial charge on any atom is 0.415 e. The molecule has 0 bridgehead atoms. The minimum Gasteiger partial charge on any atom is -0.395 e. The Labute approximate surface area is 111 Å². The molecule has 4 nitrogen and oxygen atoms in total. The summed E-state index contributed by atoms with van der Waals surface area (Å²) in [6.45, 7) is 2.34. The maximum atomic E-state index is 12.7. The number of unbranched alkanes of at least 4 members (excludes halogenated alkanes) is 3. The first kappa shape index (κ1) is 18.2. The lowest BCUT2D eigenvalue weighted by molar-refractivity contribution is -0.194. The summed E-state index contributed by atoms with van der Waals surface area (Å²) < 4.78 is 38.1. The number of aliphatic hydroxyl groups excluding tert-OH is 1. The molecule has 0 heterocycles. The molecular formula is C12H23F3N2O2. The highest BCUT2D eigenvalue weighted by Gasteiger charge is 2.55. The molecule has 0 aromatic heterocycles. The molecule has 0 aliphatic rings. The van der Waals surface area contributed by atoms with E-state index >= 15 is 0 Å². The van der Waals surface area contributed by atoms with Gasteiger partial charge in [0.1, 0.15) is 0 Å². The van der Waals surface area contributed by atoms with Gasteiger partial charge in [0.15, 0.2) is 5.54 Å². The number of hydrogen-bond acceptors (Lipinski definition) is 3. The van der Waals surface area contributed by atoms with Crippen LogP contribution in [-0.4, -0.2) is 47.3 Å². The zero-order chi connectivity index (χ0) is 15.1. The van der Waals surface area contributed by atoms with Gasteiger partial charge in [0, 0.05) is 13.1 Å². The fourth-order valence-electron chi connectivity index (χ4n) is 1.61. The van der Waals surface area contributed by atoms with E-state index in [0.29, 0.717) is 13.3 Å². The Hall–Kier alpha value is -0.820. The zero-order valence-corrected chi connectivity index (χ0v) is 11.5. The summed E-state index contributed by atoms with van der Waals surface area (Å²) in [4.78, 5) is 12.8. The van der Waals surface area contributed by atoms with E-state index in [9.17, 15) is 18.0 Å². The first-order chi connectivity index (χ1) is 8.68. The van der Waals surface area contributed by atoms with Gasteiger partial charge in [-0.1, -0.05) is 26.2 Å². The molecule has 0 radical (unpaired) electrons. The second-order valence-electron chi connectivity index (χ2n) is 4.78. The van der Waals surface area contributed by atoms with Crippen molar-refractivity contribution < 1.29 is 23.1 Å². The third kappa shape index (κ3) is 5.36. The third-order valence-corrected chi connectivity index (χ3v) is 2.97. The summed E-state index contributed by atoms with van der Waals surface area (Å²) in [5, 5.41) is 8.84. The van der Waals surface area contributed by atoms with Gasteiger partial charge in [-0.2, -0.15) is 13.2 Å². The van der Waals surface area contributed by atoms with Gasteiger partial charge in [0.2, 0.25) is 0 Å². The number of hydrogen-bond donors (Lipinski definition) is 2. The van der Waals surface area contributed by atoms with Gasteiger partial charge in [-0.25, -0.2) is 0 Å². The molecule has 0 saturated heterocycles. The molecule has 1 amide bonds. The number of halogens is 3. The van der Waals surface area contributed by atoms with Crippen molar-refractivity contribution in [3.05, 3.63) is 0 Å². The molecule has 0 aromatic carbocycles. The maximum absolute atomic E-state index is 12.7. The Morgan fingerprint density at radius 3 is 2.21 bits per heavy atom. The van der Waals surface area contributed by atoms with E-state index in [1.165, 1.54) is 0 Å². The Balaban J connectivity index is 4.65. The molecule has 0 saturated carbocycles. The molecule has 114 valence electrons. The van der Waals surface area contributed by atoms with E-state index in [0.717, 1.165) is 24.2 Å². The highest BCUT2D eigenvalue weighted by atomic mass is 19.4. The van der Waals surface area contributed by atoms with Crippen LogP contribution in [0.25, 0.3) is 0 Å². The first-order valence-corrected chi connectivity index (χ1v) is 6.44. The topological polar surface area (TPSA) is 66.6 Å². The quantitative estimate of drug-likeness (QED) is 0.666. The lowest BCUT2D eigenvalue weighted by atomic mass is 10.0. The van der Waals surface area contributed by atoms with Crippen molar-refractivity contribution in [3.63, 3.8) is 0 Å². The molecular weight excluding hydrogens is 261 g/mol. The van der Waals surface area contributed by atoms with Crippen molar-refractivity contribution in [2.24, 2.45) is 5.73 Å². The largest absolute Gasteiger partial charge is 0.415 e. The smallest absolute Gasteiger partial charge is 0.395 e. The lowest BCUT2D eigenvalue weighted by Crippen LogP contribution is -2.62. The van der Waals surface area contributed by atoms with Crippen LogP contribution in [0.2, 0.25) is 0 Å². The van der Waals surface area contributed by atoms with Crippen LogP contribution in [0, 0.1) is 0 Å². The lowest BCUT2D eigenvalue weighted by Gasteiger charge is -2.32. The molecule has 0 aliphatic carbocycles. The molecule has 7 heteroatoms. The Kier molecular flexibility index (Phi) is 7.36. The monoisotopic (exact) mass is 284 g/mol. The number of carbonyl (C=O) groups is 1. The second-order valence-corrected chi connectivity index (χ2v) is 4.78. The Morgan fingerprint density at radius 2 is 1.79 bits per heavy atom. The predicted octanol–water partition coefficient (Wildman–Crippen LogP) is 1.67. The van der Waals surface area contributed by atoms with Gasteiger partial charge < -0.3 is 15.7 Å². The first-order valence-electron chi connectivity index (χ1n) is 6.44. The number of alkyl halides is 3. The standard InChI is InChI=1S/C12H23F3N2O2/c1-3-4-5-6-7-17(8-9-18)10(19)11(2,16)12(13,14)15/h18H,3-9,16H2,1-2H3. The van der Waals surface area contributed by atoms with Crippen LogP contribution in [0.1, 0.15) is 39.5 Å². The van der Waals surface area contributed by atoms with E-state index in [1.54, 1.807) is 0 Å². The van der Waals surface area contributed by atoms with Crippen LogP contribution >= 0.6 is 0 Å². The SMILES string of the molecule is CCCCCCN(CCO)C(=O)C(C)(N)C(F)(F)F. The molecule has 0 aromatic rings. The average molecular weight is 284 g/mol. The highest BCUT2D eigenvalue weighted by molar-refractivity contribution is 5.86. The molecule has 3 N–H and O–H groups in total. The highest BCUT2D eigenvalue weighted by Crippen LogP contribution is 2.29. The summed E-state index contributed by atoms with van der Waals surface area (Å²) >= 11 is 0. The summed E-state index contributed by atoms with van der Waals surface area (Å²) in [5.74, 6) is -1.19. The van der Waals surface area contributed by atoms with Crippen LogP contribution in [0.15, 0.2) is 0 Å². The van der Waals surface area contributed by atoms with Crippen LogP contribution < -0.4 is 5.73 Å². The number of amides is 1. The van der Waals surface area contributed by atoms with Crippen molar-refractivity contribution in [2.45, 2.75) is 51.2 Å². The summed E-state index contributed by atoms with van der Waals surface area (Å²) in [7, 11) is 0. The van der Waals surface area contributed by atoms with Gasteiger partial charge in [-0.3, -0.25) is 4.79 Å². The molecule has 0 fully saturated rings. The molecule has 0 spiro atoms. The number of carbonyl (C=O) groups excluding carboxylic acids is 1. The summed E-state index contributed by atoms with van der Waals surface area (Å²) in [6.07, 6.45) is -1.42. The molecule has 1 unspecified atom stereocenters. The van der Waals surface area contributed by atoms with E-state index in [-0.39, 0.29) is 19.7 Å². The third-order valence-electron chi connectivity index (χ3n) is 2.97. The van der Waals surface area contributed by atoms with Crippen molar-refractivity contribution in [3.8, 4) is 0 Å². The van der Waals surface area contributed by atoms with Crippen LogP contribution in [-0.2, 0) is 4.79 Å². The van der Waals surface area contributed by atoms with Gasteiger partial charge in [-0.05, 0) is 13.3 Å².